The number of nitrogens with one attached hydrogen (secondary N) is 2. The molecule has 1 aliphatic rings. The lowest BCUT2D eigenvalue weighted by Gasteiger charge is -2.29. The van der Waals surface area contributed by atoms with E-state index in [1.807, 2.05) is 18.3 Å². The molecule has 0 radical (unpaired) electrons. The minimum Gasteiger partial charge on any atom is -0.381 e. The lowest BCUT2D eigenvalue weighted by molar-refractivity contribution is -0.106. The number of carbonyl (C=O) groups is 1. The van der Waals surface area contributed by atoms with Crippen LogP contribution in [-0.2, 0) is 14.9 Å². The first-order chi connectivity index (χ1) is 13.9. The Balaban J connectivity index is 1.82. The summed E-state index contributed by atoms with van der Waals surface area (Å²) in [7, 11) is 1.77. The van der Waals surface area contributed by atoms with Gasteiger partial charge in [0.05, 0.1) is 24.5 Å². The number of methoxy groups -OCH3 is 1. The second-order valence-electron chi connectivity index (χ2n) is 8.54. The molecule has 2 N–H and O–H groups in total. The number of nitrogens with zero attached hydrogens (tertiary/aromatic N) is 3. The Morgan fingerprint density at radius 3 is 2.45 bits per heavy atom. The summed E-state index contributed by atoms with van der Waals surface area (Å²) >= 11 is 0. The molecule has 1 aliphatic carbocycles. The first kappa shape index (κ1) is 21.2. The number of aldehydes is 1. The molecular weight excluding hydrogens is 371 g/mol. The first-order valence-electron chi connectivity index (χ1n) is 10.2. The minimum atomic E-state index is 0.000572. The smallest absolute Gasteiger partial charge is 0.169 e. The quantitative estimate of drug-likeness (QED) is 0.538. The van der Waals surface area contributed by atoms with Gasteiger partial charge in [0, 0.05) is 36.0 Å². The molecule has 2 aromatic rings. The van der Waals surface area contributed by atoms with E-state index in [4.69, 9.17) is 9.72 Å². The predicted molar refractivity (Wildman–Crippen MR) is 115 cm³/mol. The maximum absolute atomic E-state index is 10.8. The van der Waals surface area contributed by atoms with Gasteiger partial charge in [-0.15, -0.1) is 0 Å². The maximum Gasteiger partial charge on any atom is 0.169 e. The van der Waals surface area contributed by atoms with Crippen molar-refractivity contribution in [2.45, 2.75) is 64.0 Å². The zero-order chi connectivity index (χ0) is 20.9. The fraction of sp³-hybridized carbons (Fsp3) is 0.545. The number of pyridine rings is 1. The predicted octanol–water partition coefficient (Wildman–Crippen LogP) is 3.82. The molecule has 0 aromatic carbocycles. The van der Waals surface area contributed by atoms with Crippen LogP contribution >= 0.6 is 0 Å². The minimum absolute atomic E-state index is 0.000572. The van der Waals surface area contributed by atoms with Crippen LogP contribution in [0, 0.1) is 0 Å². The van der Waals surface area contributed by atoms with E-state index in [1.165, 1.54) is 0 Å². The van der Waals surface area contributed by atoms with Crippen LogP contribution in [0.5, 0.6) is 0 Å². The third-order valence-electron chi connectivity index (χ3n) is 5.30. The molecule has 0 unspecified atom stereocenters. The van der Waals surface area contributed by atoms with Crippen molar-refractivity contribution in [2.75, 3.05) is 24.3 Å². The first-order valence-corrected chi connectivity index (χ1v) is 10.2. The van der Waals surface area contributed by atoms with Gasteiger partial charge in [0.2, 0.25) is 0 Å². The number of rotatable bonds is 7. The highest BCUT2D eigenvalue weighted by Crippen LogP contribution is 2.28. The van der Waals surface area contributed by atoms with Crippen molar-refractivity contribution in [1.29, 1.82) is 0 Å². The highest BCUT2D eigenvalue weighted by atomic mass is 16.5. The fourth-order valence-corrected chi connectivity index (χ4v) is 3.52. The molecule has 0 spiro atoms. The SMILES string of the molecule is CO[C@H]1CC[C@H](Nc2nc(-c3ccc([13C](C)([13CH3])[13CH3])nc3)cnc2N[13CH2][13CH]=O)CC1. The number of hydrogen-bond acceptors (Lipinski definition) is 7. The Bertz CT molecular complexity index is 809. The van der Waals surface area contributed by atoms with Gasteiger partial charge >= 0.3 is 0 Å². The van der Waals surface area contributed by atoms with Crippen molar-refractivity contribution >= 4 is 17.9 Å². The summed E-state index contributed by atoms with van der Waals surface area (Å²) in [5.41, 5.74) is 2.70. The van der Waals surface area contributed by atoms with E-state index in [0.29, 0.717) is 23.8 Å². The Kier molecular flexibility index (Phi) is 6.79. The maximum atomic E-state index is 10.8. The van der Waals surface area contributed by atoms with Crippen molar-refractivity contribution in [3.05, 3.63) is 30.2 Å². The largest absolute Gasteiger partial charge is 0.381 e. The van der Waals surface area contributed by atoms with Gasteiger partial charge in [-0.25, -0.2) is 9.97 Å². The van der Waals surface area contributed by atoms with E-state index in [-0.39, 0.29) is 12.0 Å². The monoisotopic (exact) mass is 402 g/mol. The molecule has 1 fully saturated rings. The molecule has 1 saturated carbocycles. The fourth-order valence-electron chi connectivity index (χ4n) is 3.52. The molecule has 0 amide bonds. The molecule has 0 bridgehead atoms. The van der Waals surface area contributed by atoms with Crippen LogP contribution in [0.3, 0.4) is 0 Å². The van der Waals surface area contributed by atoms with Crippen LogP contribution in [0.4, 0.5) is 11.6 Å². The number of hydrogen-bond donors (Lipinski definition) is 2. The molecule has 0 atom stereocenters. The Hall–Kier alpha value is -2.54. The van der Waals surface area contributed by atoms with Crippen LogP contribution < -0.4 is 10.6 Å². The second-order valence-corrected chi connectivity index (χ2v) is 8.54. The summed E-state index contributed by atoms with van der Waals surface area (Å²) in [6.07, 6.45) is 8.79. The third-order valence-corrected chi connectivity index (χ3v) is 5.30. The van der Waals surface area contributed by atoms with Crippen molar-refractivity contribution < 1.29 is 9.53 Å². The zero-order valence-corrected chi connectivity index (χ0v) is 17.7. The van der Waals surface area contributed by atoms with Crippen LogP contribution in [0.15, 0.2) is 24.5 Å². The van der Waals surface area contributed by atoms with E-state index in [0.717, 1.165) is 48.9 Å². The lowest BCUT2D eigenvalue weighted by atomic mass is 9.93. The van der Waals surface area contributed by atoms with Crippen LogP contribution in [0.25, 0.3) is 11.3 Å². The van der Waals surface area contributed by atoms with Crippen LogP contribution in [-0.4, -0.2) is 47.0 Å². The van der Waals surface area contributed by atoms with E-state index in [2.05, 4.69) is 41.4 Å². The van der Waals surface area contributed by atoms with Gasteiger partial charge in [0.25, 0.3) is 0 Å². The summed E-state index contributed by atoms with van der Waals surface area (Å²) in [4.78, 5) is 24.7. The van der Waals surface area contributed by atoms with Crippen LogP contribution in [0.2, 0.25) is 0 Å². The zero-order valence-electron chi connectivity index (χ0n) is 17.7. The molecule has 0 saturated heterocycles. The molecule has 7 nitrogen and oxygen atoms in total. The highest BCUT2D eigenvalue weighted by Gasteiger charge is 2.22. The molecule has 0 aliphatic heterocycles. The van der Waals surface area contributed by atoms with Gasteiger partial charge in [-0.05, 0) is 37.8 Å². The summed E-state index contributed by atoms with van der Waals surface area (Å²) in [5, 5.41) is 6.56. The summed E-state index contributed by atoms with van der Waals surface area (Å²) in [5.74, 6) is 1.26. The average molecular weight is 402 g/mol. The number of anilines is 2. The molecule has 7 heteroatoms. The van der Waals surface area contributed by atoms with E-state index in [9.17, 15) is 4.79 Å². The summed E-state index contributed by atoms with van der Waals surface area (Å²) in [6.45, 7) is 6.62. The van der Waals surface area contributed by atoms with E-state index < -0.39 is 0 Å². The molecule has 29 heavy (non-hydrogen) atoms. The van der Waals surface area contributed by atoms with Gasteiger partial charge < -0.3 is 20.2 Å². The number of carbonyl (C=O) groups excluding carboxylic acids is 1. The average Bonchev–Trinajstić information content (AvgIpc) is 2.73. The molecule has 156 valence electrons. The Morgan fingerprint density at radius 1 is 1.10 bits per heavy atom. The van der Waals surface area contributed by atoms with Crippen molar-refractivity contribution in [3.63, 3.8) is 0 Å². The van der Waals surface area contributed by atoms with Gasteiger partial charge in [-0.3, -0.25) is 4.98 Å². The summed E-state index contributed by atoms with van der Waals surface area (Å²) in [6, 6.07) is 4.38. The number of aromatic nitrogens is 3. The topological polar surface area (TPSA) is 89.0 Å². The van der Waals surface area contributed by atoms with Gasteiger partial charge in [-0.2, -0.15) is 0 Å². The lowest BCUT2D eigenvalue weighted by Crippen LogP contribution is -2.30. The van der Waals surface area contributed by atoms with Crippen LogP contribution in [0.1, 0.15) is 52.1 Å². The molecule has 2 aromatic heterocycles. The Morgan fingerprint density at radius 2 is 1.86 bits per heavy atom. The molecule has 2 heterocycles. The normalized spacial score (nSPS) is 19.6. The van der Waals surface area contributed by atoms with Crippen molar-refractivity contribution in [1.82, 2.24) is 15.0 Å². The van der Waals surface area contributed by atoms with Gasteiger partial charge in [-0.1, -0.05) is 20.8 Å². The molecule has 3 rings (SSSR count). The standard InChI is InChI=1S/C22H31N5O2/c1-22(2,3)19-10-5-15(13-24-19)18-14-25-20(23-11-12-28)21(27-18)26-16-6-8-17(29-4)9-7-16/h5,10,12-14,16-17H,6-9,11H2,1-4H3,(H,23,25)(H,26,27)/t16-,17-/i1+1,2+1,11+1,12+1,22+1. The second kappa shape index (κ2) is 9.31. The molecular formula is C22H31N5O2. The Labute approximate surface area is 172 Å². The highest BCUT2D eigenvalue weighted by molar-refractivity contribution is 5.69. The summed E-state index contributed by atoms with van der Waals surface area (Å²) < 4.78 is 5.46. The number of ether oxygens (including phenoxy) is 1. The third kappa shape index (κ3) is 5.50. The van der Waals surface area contributed by atoms with E-state index in [1.54, 1.807) is 13.3 Å². The van der Waals surface area contributed by atoms with Gasteiger partial charge in [0.15, 0.2) is 11.6 Å². The van der Waals surface area contributed by atoms with Crippen molar-refractivity contribution in [2.24, 2.45) is 0 Å². The van der Waals surface area contributed by atoms with E-state index >= 15 is 0 Å². The van der Waals surface area contributed by atoms with Crippen molar-refractivity contribution in [3.8, 4) is 11.3 Å². The van der Waals surface area contributed by atoms with Gasteiger partial charge in [0.1, 0.15) is 6.29 Å².